The average Bonchev–Trinajstić information content (AvgIpc) is 3.30. The first kappa shape index (κ1) is 34.2. The molecule has 1 aromatic rings. The van der Waals surface area contributed by atoms with Gasteiger partial charge in [-0.3, -0.25) is 0 Å². The smallest absolute Gasteiger partial charge is 0.234 e. The van der Waals surface area contributed by atoms with Crippen molar-refractivity contribution in [1.82, 2.24) is 4.57 Å². The minimum absolute atomic E-state index is 0.606. The van der Waals surface area contributed by atoms with Crippen LogP contribution >= 0.6 is 0 Å². The van der Waals surface area contributed by atoms with Crippen LogP contribution in [0, 0.1) is 0 Å². The molecule has 1 heterocycles. The van der Waals surface area contributed by atoms with E-state index in [1.165, 1.54) is 174 Å². The highest BCUT2D eigenvalue weighted by atomic mass is 15.1. The first-order valence-electron chi connectivity index (χ1n) is 17.3. The Labute approximate surface area is 234 Å². The van der Waals surface area contributed by atoms with Crippen LogP contribution in [0.5, 0.6) is 0 Å². The zero-order chi connectivity index (χ0) is 26.8. The van der Waals surface area contributed by atoms with Crippen LogP contribution in [0.1, 0.15) is 200 Å². The van der Waals surface area contributed by atoms with Crippen LogP contribution in [0.15, 0.2) is 12.4 Å². The van der Waals surface area contributed by atoms with Crippen molar-refractivity contribution in [3.63, 3.8) is 0 Å². The summed E-state index contributed by atoms with van der Waals surface area (Å²) in [6.07, 6.45) is 40.5. The predicted octanol–water partition coefficient (Wildman–Crippen LogP) is 11.7. The lowest BCUT2D eigenvalue weighted by molar-refractivity contribution is -0.705. The molecule has 0 bridgehead atoms. The van der Waals surface area contributed by atoms with E-state index in [1.54, 1.807) is 5.82 Å². The average molecular weight is 518 g/mol. The molecule has 0 radical (unpaired) electrons. The van der Waals surface area contributed by atoms with Crippen molar-refractivity contribution in [3.05, 3.63) is 18.2 Å². The molecule has 0 aliphatic heterocycles. The van der Waals surface area contributed by atoms with Gasteiger partial charge in [-0.2, -0.15) is 0 Å². The number of aromatic nitrogens is 2. The molecule has 1 rings (SSSR count). The van der Waals surface area contributed by atoms with Crippen molar-refractivity contribution in [1.29, 1.82) is 0 Å². The van der Waals surface area contributed by atoms with Gasteiger partial charge < -0.3 is 0 Å². The second kappa shape index (κ2) is 25.5. The number of aryl methyl sites for hydroxylation is 2. The predicted molar refractivity (Wildman–Crippen MR) is 165 cm³/mol. The summed E-state index contributed by atoms with van der Waals surface area (Å²) < 4.78 is 5.12. The van der Waals surface area contributed by atoms with Crippen molar-refractivity contribution in [2.45, 2.75) is 207 Å². The van der Waals surface area contributed by atoms with Gasteiger partial charge in [0.2, 0.25) is 0 Å². The van der Waals surface area contributed by atoms with Crippen molar-refractivity contribution >= 4 is 0 Å². The molecule has 2 nitrogen and oxygen atoms in total. The number of rotatable bonds is 28. The first-order valence-corrected chi connectivity index (χ1v) is 17.3. The van der Waals surface area contributed by atoms with E-state index < -0.39 is 0 Å². The fourth-order valence-electron chi connectivity index (χ4n) is 5.94. The van der Waals surface area contributed by atoms with Crippen LogP contribution in [0.25, 0.3) is 0 Å². The molecule has 37 heavy (non-hydrogen) atoms. The molecule has 0 atom stereocenters. The summed E-state index contributed by atoms with van der Waals surface area (Å²) in [5.41, 5.74) is 0. The van der Waals surface area contributed by atoms with Gasteiger partial charge in [-0.1, -0.05) is 163 Å². The van der Waals surface area contributed by atoms with Gasteiger partial charge in [0.05, 0.1) is 19.0 Å². The molecule has 1 aromatic heterocycles. The number of hydrogen-bond acceptors (Lipinski definition) is 0. The number of hydrogen-bond donors (Lipinski definition) is 0. The minimum atomic E-state index is 0.606. The van der Waals surface area contributed by atoms with Crippen LogP contribution in [0.3, 0.4) is 0 Å². The Morgan fingerprint density at radius 3 is 1.24 bits per heavy atom. The van der Waals surface area contributed by atoms with E-state index in [0.29, 0.717) is 5.92 Å². The maximum atomic E-state index is 2.56. The molecule has 0 N–H and O–H groups in total. The van der Waals surface area contributed by atoms with Crippen LogP contribution in [-0.4, -0.2) is 4.57 Å². The van der Waals surface area contributed by atoms with Crippen LogP contribution in [0.2, 0.25) is 0 Å². The van der Waals surface area contributed by atoms with Crippen LogP contribution < -0.4 is 4.57 Å². The molecule has 0 unspecified atom stereocenters. The van der Waals surface area contributed by atoms with Crippen molar-refractivity contribution in [2.75, 3.05) is 0 Å². The maximum absolute atomic E-state index is 2.56. The molecule has 218 valence electrons. The number of unbranched alkanes of at least 4 members (excludes halogenated alkanes) is 23. The molecular formula is C35H69N2+. The SMILES string of the molecule is CCCCCCCCCCCCCCC[n+]1ccn(CCCCCCCCCCCCCC)c1C(C)C. The molecule has 0 fully saturated rings. The van der Waals surface area contributed by atoms with Gasteiger partial charge >= 0.3 is 0 Å². The molecule has 0 aliphatic rings. The van der Waals surface area contributed by atoms with Crippen LogP contribution in [-0.2, 0) is 13.1 Å². The third-order valence-electron chi connectivity index (χ3n) is 8.29. The minimum Gasteiger partial charge on any atom is -0.234 e. The van der Waals surface area contributed by atoms with E-state index in [4.69, 9.17) is 0 Å². The third kappa shape index (κ3) is 19.0. The summed E-state index contributed by atoms with van der Waals surface area (Å²) in [5, 5.41) is 0. The van der Waals surface area contributed by atoms with Gasteiger partial charge in [-0.25, -0.2) is 9.13 Å². The normalized spacial score (nSPS) is 11.7. The quantitative estimate of drug-likeness (QED) is 0.0771. The summed E-state index contributed by atoms with van der Waals surface area (Å²) in [4.78, 5) is 0. The number of imidazole rings is 1. The Kier molecular flexibility index (Phi) is 23.6. The maximum Gasteiger partial charge on any atom is 0.258 e. The first-order chi connectivity index (χ1) is 18.2. The van der Waals surface area contributed by atoms with Crippen molar-refractivity contribution < 1.29 is 4.57 Å². The summed E-state index contributed by atoms with van der Waals surface area (Å²) in [5.74, 6) is 2.15. The largest absolute Gasteiger partial charge is 0.258 e. The van der Waals surface area contributed by atoms with E-state index in [-0.39, 0.29) is 0 Å². The van der Waals surface area contributed by atoms with E-state index in [9.17, 15) is 0 Å². The molecule has 0 spiro atoms. The molecule has 0 saturated heterocycles. The van der Waals surface area contributed by atoms with Gasteiger partial charge in [0.1, 0.15) is 12.4 Å². The zero-order valence-electron chi connectivity index (χ0n) is 26.2. The number of nitrogens with zero attached hydrogens (tertiary/aromatic N) is 2. The van der Waals surface area contributed by atoms with E-state index in [1.807, 2.05) is 0 Å². The van der Waals surface area contributed by atoms with Crippen molar-refractivity contribution in [3.8, 4) is 0 Å². The lowest BCUT2D eigenvalue weighted by Crippen LogP contribution is -2.38. The fourth-order valence-corrected chi connectivity index (χ4v) is 5.94. The molecule has 0 aromatic carbocycles. The molecule has 0 aliphatic carbocycles. The van der Waals surface area contributed by atoms with Gasteiger partial charge in [-0.05, 0) is 25.7 Å². The highest BCUT2D eigenvalue weighted by molar-refractivity contribution is 4.89. The summed E-state index contributed by atoms with van der Waals surface area (Å²) >= 11 is 0. The summed E-state index contributed by atoms with van der Waals surface area (Å²) in [7, 11) is 0. The van der Waals surface area contributed by atoms with E-state index in [2.05, 4.69) is 49.2 Å². The van der Waals surface area contributed by atoms with Crippen LogP contribution in [0.4, 0.5) is 0 Å². The van der Waals surface area contributed by atoms with E-state index >= 15 is 0 Å². The Morgan fingerprint density at radius 1 is 0.514 bits per heavy atom. The van der Waals surface area contributed by atoms with E-state index in [0.717, 1.165) is 0 Å². The summed E-state index contributed by atoms with van der Waals surface area (Å²) in [6.45, 7) is 11.8. The molecular weight excluding hydrogens is 448 g/mol. The Bertz CT molecular complexity index is 588. The highest BCUT2D eigenvalue weighted by Crippen LogP contribution is 2.16. The Hall–Kier alpha value is -0.790. The highest BCUT2D eigenvalue weighted by Gasteiger charge is 2.20. The Morgan fingerprint density at radius 2 is 0.865 bits per heavy atom. The lowest BCUT2D eigenvalue weighted by Gasteiger charge is -2.08. The zero-order valence-corrected chi connectivity index (χ0v) is 26.2. The summed E-state index contributed by atoms with van der Waals surface area (Å²) in [6, 6.07) is 0. The Balaban J connectivity index is 2.06. The molecule has 2 heteroatoms. The van der Waals surface area contributed by atoms with Gasteiger partial charge in [0.15, 0.2) is 0 Å². The second-order valence-corrected chi connectivity index (χ2v) is 12.3. The second-order valence-electron chi connectivity index (χ2n) is 12.3. The molecule has 0 amide bonds. The van der Waals surface area contributed by atoms with Gasteiger partial charge in [0.25, 0.3) is 5.82 Å². The fraction of sp³-hybridized carbons (Fsp3) is 0.914. The standard InChI is InChI=1S/C35H69N2/c1-5-7-9-11-13-15-17-19-21-23-25-27-29-31-37-33-32-36(35(37)34(3)4)30-28-26-24-22-20-18-16-14-12-10-8-6-2/h32-34H,5-31H2,1-4H3/q+1. The third-order valence-corrected chi connectivity index (χ3v) is 8.29. The molecule has 0 saturated carbocycles. The lowest BCUT2D eigenvalue weighted by atomic mass is 10.0. The van der Waals surface area contributed by atoms with Gasteiger partial charge in [0, 0.05) is 0 Å². The monoisotopic (exact) mass is 518 g/mol. The topological polar surface area (TPSA) is 8.81 Å². The van der Waals surface area contributed by atoms with Crippen molar-refractivity contribution in [2.24, 2.45) is 0 Å². The van der Waals surface area contributed by atoms with Gasteiger partial charge in [-0.15, -0.1) is 0 Å².